The van der Waals surface area contributed by atoms with Crippen LogP contribution in [-0.2, 0) is 9.95 Å². The highest BCUT2D eigenvalue weighted by Crippen LogP contribution is 2.46. The van der Waals surface area contributed by atoms with Gasteiger partial charge in [-0.2, -0.15) is 0 Å². The van der Waals surface area contributed by atoms with E-state index < -0.39 is 11.1 Å². The maximum Gasteiger partial charge on any atom is 0.318 e. The Morgan fingerprint density at radius 3 is 2.05 bits per heavy atom. The van der Waals surface area contributed by atoms with Crippen LogP contribution >= 0.6 is 9.24 Å². The van der Waals surface area contributed by atoms with E-state index in [4.69, 9.17) is 0 Å². The highest BCUT2D eigenvalue weighted by molar-refractivity contribution is 7.20. The zero-order valence-corrected chi connectivity index (χ0v) is 12.6. The van der Waals surface area contributed by atoms with Gasteiger partial charge in [0, 0.05) is 5.92 Å². The molecular formula is C17H19O2P. The largest absolute Gasteiger partial charge is 0.480 e. The first-order chi connectivity index (χ1) is 9.60. The van der Waals surface area contributed by atoms with Gasteiger partial charge in [-0.25, -0.2) is 0 Å². The average Bonchev–Trinajstić information content (AvgIpc) is 2.49. The van der Waals surface area contributed by atoms with Crippen LogP contribution < -0.4 is 0 Å². The number of hydrogen-bond acceptors (Lipinski definition) is 1. The molecule has 3 atom stereocenters. The molecule has 2 aromatic carbocycles. The minimum absolute atomic E-state index is 0.0893. The van der Waals surface area contributed by atoms with E-state index in [1.807, 2.05) is 67.6 Å². The van der Waals surface area contributed by atoms with Crippen LogP contribution in [0.1, 0.15) is 30.4 Å². The lowest BCUT2D eigenvalue weighted by Gasteiger charge is -2.34. The molecule has 0 fully saturated rings. The van der Waals surface area contributed by atoms with Crippen molar-refractivity contribution < 1.29 is 9.90 Å². The van der Waals surface area contributed by atoms with Crippen LogP contribution in [0.3, 0.4) is 0 Å². The molecule has 0 radical (unpaired) electrons. The van der Waals surface area contributed by atoms with Gasteiger partial charge < -0.3 is 5.11 Å². The SMILES string of the molecule is CCC(c1ccccc1)C(P)(C(=O)O)c1ccccc1. The number of carboxylic acid groups (broad SMARTS) is 1. The van der Waals surface area contributed by atoms with Crippen molar-refractivity contribution in [3.63, 3.8) is 0 Å². The summed E-state index contributed by atoms with van der Waals surface area (Å²) >= 11 is 0. The van der Waals surface area contributed by atoms with Crippen LogP contribution in [0.5, 0.6) is 0 Å². The van der Waals surface area contributed by atoms with Gasteiger partial charge in [-0.3, -0.25) is 4.79 Å². The van der Waals surface area contributed by atoms with Gasteiger partial charge in [-0.1, -0.05) is 67.6 Å². The maximum atomic E-state index is 12.0. The molecule has 0 amide bonds. The molecule has 2 rings (SSSR count). The molecule has 0 saturated heterocycles. The van der Waals surface area contributed by atoms with Crippen molar-refractivity contribution in [2.75, 3.05) is 0 Å². The maximum absolute atomic E-state index is 12.0. The van der Waals surface area contributed by atoms with Gasteiger partial charge in [-0.05, 0) is 17.5 Å². The molecule has 104 valence electrons. The molecular weight excluding hydrogens is 267 g/mol. The molecule has 0 aliphatic rings. The van der Waals surface area contributed by atoms with Crippen molar-refractivity contribution in [1.29, 1.82) is 0 Å². The molecule has 2 aromatic rings. The van der Waals surface area contributed by atoms with Gasteiger partial charge in [0.2, 0.25) is 0 Å². The second kappa shape index (κ2) is 6.19. The fourth-order valence-corrected chi connectivity index (χ4v) is 3.31. The van der Waals surface area contributed by atoms with Crippen molar-refractivity contribution in [3.05, 3.63) is 71.8 Å². The molecule has 0 aromatic heterocycles. The van der Waals surface area contributed by atoms with Crippen molar-refractivity contribution in [2.45, 2.75) is 24.4 Å². The molecule has 0 saturated carbocycles. The number of carboxylic acids is 1. The minimum Gasteiger partial charge on any atom is -0.480 e. The zero-order valence-electron chi connectivity index (χ0n) is 11.5. The number of hydrogen-bond donors (Lipinski definition) is 1. The van der Waals surface area contributed by atoms with E-state index in [-0.39, 0.29) is 5.92 Å². The second-order valence-electron chi connectivity index (χ2n) is 4.91. The van der Waals surface area contributed by atoms with E-state index >= 15 is 0 Å². The molecule has 0 bridgehead atoms. The topological polar surface area (TPSA) is 37.3 Å². The first kappa shape index (κ1) is 14.7. The third kappa shape index (κ3) is 2.62. The lowest BCUT2D eigenvalue weighted by atomic mass is 9.79. The summed E-state index contributed by atoms with van der Waals surface area (Å²) in [6.45, 7) is 2.03. The number of carbonyl (C=O) groups is 1. The van der Waals surface area contributed by atoms with E-state index in [1.165, 1.54) is 0 Å². The van der Waals surface area contributed by atoms with Gasteiger partial charge in [-0.15, -0.1) is 9.24 Å². The van der Waals surface area contributed by atoms with Crippen LogP contribution in [0, 0.1) is 0 Å². The van der Waals surface area contributed by atoms with E-state index in [9.17, 15) is 9.90 Å². The van der Waals surface area contributed by atoms with Gasteiger partial charge in [0.25, 0.3) is 0 Å². The Morgan fingerprint density at radius 1 is 1.10 bits per heavy atom. The lowest BCUT2D eigenvalue weighted by molar-refractivity contribution is -0.141. The quantitative estimate of drug-likeness (QED) is 0.842. The lowest BCUT2D eigenvalue weighted by Crippen LogP contribution is -2.35. The third-order valence-corrected chi connectivity index (χ3v) is 4.75. The molecule has 2 nitrogen and oxygen atoms in total. The highest BCUT2D eigenvalue weighted by atomic mass is 31.0. The fourth-order valence-electron chi connectivity index (χ4n) is 2.69. The Labute approximate surface area is 122 Å². The monoisotopic (exact) mass is 286 g/mol. The smallest absolute Gasteiger partial charge is 0.318 e. The molecule has 0 spiro atoms. The Morgan fingerprint density at radius 2 is 1.60 bits per heavy atom. The van der Waals surface area contributed by atoms with E-state index in [2.05, 4.69) is 9.24 Å². The number of rotatable bonds is 5. The minimum atomic E-state index is -1.00. The van der Waals surface area contributed by atoms with Crippen molar-refractivity contribution >= 4 is 15.2 Å². The fraction of sp³-hybridized carbons (Fsp3) is 0.235. The van der Waals surface area contributed by atoms with Crippen LogP contribution in [0.15, 0.2) is 60.7 Å². The van der Waals surface area contributed by atoms with Crippen LogP contribution in [0.2, 0.25) is 0 Å². The standard InChI is InChI=1S/C17H19O2P/c1-2-15(13-9-5-3-6-10-13)17(20,16(18)19)14-11-7-4-8-12-14/h3-12,15H,2,20H2,1H3,(H,18,19). The number of benzene rings is 2. The summed E-state index contributed by atoms with van der Waals surface area (Å²) in [6, 6.07) is 19.3. The summed E-state index contributed by atoms with van der Waals surface area (Å²) < 4.78 is 0. The first-order valence-corrected chi connectivity index (χ1v) is 7.31. The zero-order chi connectivity index (χ0) is 14.6. The molecule has 0 aliphatic carbocycles. The average molecular weight is 286 g/mol. The van der Waals surface area contributed by atoms with Gasteiger partial charge in [0.05, 0.1) is 0 Å². The first-order valence-electron chi connectivity index (χ1n) is 6.73. The Hall–Kier alpha value is -1.66. The molecule has 1 N–H and O–H groups in total. The summed E-state index contributed by atoms with van der Waals surface area (Å²) in [6.07, 6.45) is 0.759. The molecule has 0 aliphatic heterocycles. The summed E-state index contributed by atoms with van der Waals surface area (Å²) in [5, 5.41) is 8.83. The summed E-state index contributed by atoms with van der Waals surface area (Å²) in [5.74, 6) is -0.905. The van der Waals surface area contributed by atoms with Gasteiger partial charge in [0.15, 0.2) is 0 Å². The van der Waals surface area contributed by atoms with E-state index in [0.717, 1.165) is 17.5 Å². The van der Waals surface area contributed by atoms with Crippen LogP contribution in [-0.4, -0.2) is 11.1 Å². The van der Waals surface area contributed by atoms with Gasteiger partial charge in [0.1, 0.15) is 5.16 Å². The third-order valence-electron chi connectivity index (χ3n) is 3.77. The van der Waals surface area contributed by atoms with E-state index in [0.29, 0.717) is 0 Å². The highest BCUT2D eigenvalue weighted by Gasteiger charge is 2.43. The normalized spacial score (nSPS) is 15.3. The Bertz CT molecular complexity index is 568. The second-order valence-corrected chi connectivity index (χ2v) is 5.82. The number of aliphatic carboxylic acids is 1. The van der Waals surface area contributed by atoms with Gasteiger partial charge >= 0.3 is 5.97 Å². The summed E-state index contributed by atoms with van der Waals surface area (Å²) in [5.41, 5.74) is 1.87. The van der Waals surface area contributed by atoms with Crippen molar-refractivity contribution in [1.82, 2.24) is 0 Å². The summed E-state index contributed by atoms with van der Waals surface area (Å²) in [4.78, 5) is 12.0. The summed E-state index contributed by atoms with van der Waals surface area (Å²) in [7, 11) is 2.58. The molecule has 0 heterocycles. The predicted octanol–water partition coefficient (Wildman–Crippen LogP) is 4.04. The Balaban J connectivity index is 2.55. The molecule has 3 heteroatoms. The predicted molar refractivity (Wildman–Crippen MR) is 84.9 cm³/mol. The van der Waals surface area contributed by atoms with E-state index in [1.54, 1.807) is 0 Å². The van der Waals surface area contributed by atoms with Crippen molar-refractivity contribution in [3.8, 4) is 0 Å². The van der Waals surface area contributed by atoms with Crippen molar-refractivity contribution in [2.24, 2.45) is 0 Å². The molecule has 3 unspecified atom stereocenters. The Kier molecular flexibility index (Phi) is 4.57. The van der Waals surface area contributed by atoms with Crippen LogP contribution in [0.4, 0.5) is 0 Å². The molecule has 20 heavy (non-hydrogen) atoms. The van der Waals surface area contributed by atoms with Crippen LogP contribution in [0.25, 0.3) is 0 Å².